The number of benzene rings is 2. The van der Waals surface area contributed by atoms with Crippen LogP contribution in [0.3, 0.4) is 0 Å². The molecule has 2 heterocycles. The number of hydrogen-bond donors (Lipinski definition) is 2. The van der Waals surface area contributed by atoms with Gasteiger partial charge in [-0.15, -0.1) is 11.3 Å². The number of aryl methyl sites for hydroxylation is 1. The highest BCUT2D eigenvalue weighted by molar-refractivity contribution is 7.20. The van der Waals surface area contributed by atoms with E-state index in [1.807, 2.05) is 41.9 Å². The molecular weight excluding hydrogens is 448 g/mol. The summed E-state index contributed by atoms with van der Waals surface area (Å²) in [6.07, 6.45) is 0. The van der Waals surface area contributed by atoms with E-state index in [1.165, 1.54) is 11.3 Å². The van der Waals surface area contributed by atoms with Crippen molar-refractivity contribution in [3.63, 3.8) is 0 Å². The molecule has 2 aromatic carbocycles. The van der Waals surface area contributed by atoms with E-state index in [0.29, 0.717) is 27.9 Å². The maximum Gasteiger partial charge on any atom is 0.265 e. The number of halogens is 1. The number of aromatic nitrogens is 2. The first-order valence-electron chi connectivity index (χ1n) is 9.89. The van der Waals surface area contributed by atoms with Crippen molar-refractivity contribution >= 4 is 50.7 Å². The number of ether oxygens (including phenoxy) is 1. The molecule has 0 fully saturated rings. The Bertz CT molecular complexity index is 1300. The molecule has 0 saturated carbocycles. The fraction of sp³-hybridized carbons (Fsp3) is 0.174. The van der Waals surface area contributed by atoms with Crippen molar-refractivity contribution in [3.05, 3.63) is 75.8 Å². The summed E-state index contributed by atoms with van der Waals surface area (Å²) in [5.41, 5.74) is 2.40. The summed E-state index contributed by atoms with van der Waals surface area (Å²) in [6.45, 7) is 2.36. The van der Waals surface area contributed by atoms with Crippen LogP contribution in [0.4, 0.5) is 5.69 Å². The Hall–Kier alpha value is -3.36. The van der Waals surface area contributed by atoms with Gasteiger partial charge in [-0.05, 0) is 36.8 Å². The molecule has 2 N–H and O–H groups in total. The van der Waals surface area contributed by atoms with Gasteiger partial charge < -0.3 is 15.4 Å². The summed E-state index contributed by atoms with van der Waals surface area (Å²) in [6, 6.07) is 16.4. The molecular formula is C23H21ClN4O3S. The third kappa shape index (κ3) is 4.76. The lowest BCUT2D eigenvalue weighted by Crippen LogP contribution is -2.24. The van der Waals surface area contributed by atoms with Gasteiger partial charge in [0.25, 0.3) is 11.8 Å². The van der Waals surface area contributed by atoms with Crippen LogP contribution in [0.2, 0.25) is 5.02 Å². The molecule has 164 valence electrons. The standard InChI is InChI=1S/C23H21ClN4O3S/c1-14-18-11-20(32-23(18)28(27-14)12-15-6-3-4-9-19(15)24)22(30)26-16-7-5-8-17(10-16)31-13-21(29)25-2/h3-11H,12-13H2,1-2H3,(H,25,29)(H,26,30). The minimum absolute atomic E-state index is 0.0918. The normalized spacial score (nSPS) is 10.8. The third-order valence-electron chi connectivity index (χ3n) is 4.85. The third-order valence-corrected chi connectivity index (χ3v) is 6.37. The summed E-state index contributed by atoms with van der Waals surface area (Å²) in [4.78, 5) is 25.7. The highest BCUT2D eigenvalue weighted by atomic mass is 35.5. The van der Waals surface area contributed by atoms with Crippen molar-refractivity contribution in [2.75, 3.05) is 19.0 Å². The second-order valence-electron chi connectivity index (χ2n) is 7.11. The van der Waals surface area contributed by atoms with Gasteiger partial charge in [0.15, 0.2) is 6.61 Å². The predicted molar refractivity (Wildman–Crippen MR) is 127 cm³/mol. The molecule has 0 saturated heterocycles. The Morgan fingerprint density at radius 1 is 1.16 bits per heavy atom. The molecule has 9 heteroatoms. The number of nitrogens with zero attached hydrogens (tertiary/aromatic N) is 2. The number of nitrogens with one attached hydrogen (secondary N) is 2. The Labute approximate surface area is 194 Å². The van der Waals surface area contributed by atoms with Crippen LogP contribution in [0.1, 0.15) is 20.9 Å². The Balaban J connectivity index is 1.52. The molecule has 0 spiro atoms. The summed E-state index contributed by atoms with van der Waals surface area (Å²) < 4.78 is 7.31. The number of thiophene rings is 1. The first-order valence-corrected chi connectivity index (χ1v) is 11.1. The van der Waals surface area contributed by atoms with E-state index in [4.69, 9.17) is 16.3 Å². The van der Waals surface area contributed by atoms with Crippen LogP contribution in [0.5, 0.6) is 5.75 Å². The van der Waals surface area contributed by atoms with Gasteiger partial charge in [0, 0.05) is 29.2 Å². The second kappa shape index (κ2) is 9.42. The zero-order chi connectivity index (χ0) is 22.7. The van der Waals surface area contributed by atoms with Crippen molar-refractivity contribution in [2.45, 2.75) is 13.5 Å². The predicted octanol–water partition coefficient (Wildman–Crippen LogP) is 4.49. The minimum atomic E-state index is -0.231. The smallest absolute Gasteiger partial charge is 0.265 e. The highest BCUT2D eigenvalue weighted by Gasteiger charge is 2.17. The second-order valence-corrected chi connectivity index (χ2v) is 8.55. The van der Waals surface area contributed by atoms with Gasteiger partial charge in [-0.2, -0.15) is 5.10 Å². The molecule has 0 aliphatic carbocycles. The number of carbonyl (C=O) groups is 2. The van der Waals surface area contributed by atoms with E-state index in [9.17, 15) is 9.59 Å². The number of hydrogen-bond acceptors (Lipinski definition) is 5. The maximum atomic E-state index is 12.9. The zero-order valence-electron chi connectivity index (χ0n) is 17.5. The lowest BCUT2D eigenvalue weighted by Gasteiger charge is -2.08. The number of fused-ring (bicyclic) bond motifs is 1. The quantitative estimate of drug-likeness (QED) is 0.418. The van der Waals surface area contributed by atoms with Crippen LogP contribution in [0.25, 0.3) is 10.2 Å². The summed E-state index contributed by atoms with van der Waals surface area (Å²) in [5.74, 6) is 0.0400. The van der Waals surface area contributed by atoms with E-state index < -0.39 is 0 Å². The van der Waals surface area contributed by atoms with Crippen molar-refractivity contribution < 1.29 is 14.3 Å². The van der Waals surface area contributed by atoms with Gasteiger partial charge in [-0.3, -0.25) is 14.3 Å². The number of anilines is 1. The molecule has 0 aliphatic rings. The van der Waals surface area contributed by atoms with Crippen LogP contribution in [-0.4, -0.2) is 35.2 Å². The fourth-order valence-electron chi connectivity index (χ4n) is 3.20. The molecule has 4 rings (SSSR count). The van der Waals surface area contributed by atoms with Gasteiger partial charge in [-0.25, -0.2) is 0 Å². The maximum absolute atomic E-state index is 12.9. The van der Waals surface area contributed by atoms with E-state index in [1.54, 1.807) is 31.3 Å². The summed E-state index contributed by atoms with van der Waals surface area (Å²) in [5, 5.41) is 11.6. The van der Waals surface area contributed by atoms with E-state index in [2.05, 4.69) is 15.7 Å². The summed E-state index contributed by atoms with van der Waals surface area (Å²) in [7, 11) is 1.54. The van der Waals surface area contributed by atoms with Crippen LogP contribution < -0.4 is 15.4 Å². The van der Waals surface area contributed by atoms with Crippen molar-refractivity contribution in [1.29, 1.82) is 0 Å². The average molecular weight is 469 g/mol. The van der Waals surface area contributed by atoms with E-state index in [0.717, 1.165) is 21.5 Å². The van der Waals surface area contributed by atoms with Gasteiger partial charge in [0.2, 0.25) is 0 Å². The highest BCUT2D eigenvalue weighted by Crippen LogP contribution is 2.30. The van der Waals surface area contributed by atoms with Crippen molar-refractivity contribution in [1.82, 2.24) is 15.1 Å². The number of amides is 2. The van der Waals surface area contributed by atoms with Crippen LogP contribution >= 0.6 is 22.9 Å². The SMILES string of the molecule is CNC(=O)COc1cccc(NC(=O)c2cc3c(C)nn(Cc4ccccc4Cl)c3s2)c1. The Morgan fingerprint density at radius 2 is 1.97 bits per heavy atom. The lowest BCUT2D eigenvalue weighted by atomic mass is 10.2. The molecule has 2 amide bonds. The zero-order valence-corrected chi connectivity index (χ0v) is 19.1. The van der Waals surface area contributed by atoms with Gasteiger partial charge in [0.05, 0.1) is 17.1 Å². The monoisotopic (exact) mass is 468 g/mol. The molecule has 32 heavy (non-hydrogen) atoms. The molecule has 4 aromatic rings. The molecule has 0 radical (unpaired) electrons. The average Bonchev–Trinajstić information content (AvgIpc) is 3.35. The topological polar surface area (TPSA) is 85.2 Å². The molecule has 0 aliphatic heterocycles. The van der Waals surface area contributed by atoms with Crippen LogP contribution in [0.15, 0.2) is 54.6 Å². The fourth-order valence-corrected chi connectivity index (χ4v) is 4.45. The van der Waals surface area contributed by atoms with Crippen molar-refractivity contribution in [3.8, 4) is 5.75 Å². The largest absolute Gasteiger partial charge is 0.484 e. The van der Waals surface area contributed by atoms with E-state index >= 15 is 0 Å². The van der Waals surface area contributed by atoms with Crippen LogP contribution in [-0.2, 0) is 11.3 Å². The van der Waals surface area contributed by atoms with E-state index in [-0.39, 0.29) is 18.4 Å². The van der Waals surface area contributed by atoms with Crippen molar-refractivity contribution in [2.24, 2.45) is 0 Å². The first kappa shape index (κ1) is 21.9. The Morgan fingerprint density at radius 3 is 2.75 bits per heavy atom. The van der Waals surface area contributed by atoms with Gasteiger partial charge in [0.1, 0.15) is 10.6 Å². The molecule has 7 nitrogen and oxygen atoms in total. The van der Waals surface area contributed by atoms with Gasteiger partial charge >= 0.3 is 0 Å². The molecule has 0 unspecified atom stereocenters. The number of likely N-dealkylation sites (N-methyl/N-ethyl adjacent to an activating group) is 1. The summed E-state index contributed by atoms with van der Waals surface area (Å²) >= 11 is 7.68. The first-order chi connectivity index (χ1) is 15.4. The van der Waals surface area contributed by atoms with Gasteiger partial charge in [-0.1, -0.05) is 35.9 Å². The molecule has 2 aromatic heterocycles. The molecule has 0 atom stereocenters. The lowest BCUT2D eigenvalue weighted by molar-refractivity contribution is -0.122. The minimum Gasteiger partial charge on any atom is -0.484 e. The number of carbonyl (C=O) groups excluding carboxylic acids is 2. The molecule has 0 bridgehead atoms. The number of rotatable bonds is 7. The Kier molecular flexibility index (Phi) is 6.43. The van der Waals surface area contributed by atoms with Crippen LogP contribution in [0, 0.1) is 6.92 Å².